The summed E-state index contributed by atoms with van der Waals surface area (Å²) in [6.07, 6.45) is -8.45. The Morgan fingerprint density at radius 3 is 2.70 bits per heavy atom. The minimum absolute atomic E-state index is 0.00434. The van der Waals surface area contributed by atoms with Gasteiger partial charge in [-0.15, -0.1) is 0 Å². The molecule has 220 valence electrons. The number of nitrogens with zero attached hydrogens (tertiary/aromatic N) is 7. The number of nitrogens with two attached hydrogens (primary N) is 1. The lowest BCUT2D eigenvalue weighted by molar-refractivity contribution is -0.717. The van der Waals surface area contributed by atoms with E-state index < -0.39 is 77.1 Å². The molecule has 3 aliphatic heterocycles. The molecule has 1 saturated heterocycles. The third-order valence-electron chi connectivity index (χ3n) is 7.18. The second kappa shape index (κ2) is 10.8. The molecular weight excluding hydrogens is 582 g/mol. The summed E-state index contributed by atoms with van der Waals surface area (Å²) in [5.41, 5.74) is 15.2. The average Bonchev–Trinajstić information content (AvgIpc) is 3.52. The van der Waals surface area contributed by atoms with E-state index in [1.165, 1.54) is 21.8 Å². The van der Waals surface area contributed by atoms with Crippen molar-refractivity contribution in [2.24, 2.45) is 11.0 Å². The molecule has 0 aromatic carbocycles. The number of imidazole rings is 1. The highest BCUT2D eigenvalue weighted by atomic mass is 31.3. The highest BCUT2D eigenvalue weighted by Gasteiger charge is 2.51. The molecule has 0 amide bonds. The number of azide groups is 1. The normalized spacial score (nSPS) is 42.1. The zero-order chi connectivity index (χ0) is 29.0. The van der Waals surface area contributed by atoms with Gasteiger partial charge in [-0.05, 0) is 18.4 Å². The summed E-state index contributed by atoms with van der Waals surface area (Å²) in [5.74, 6) is -1.09. The Kier molecular flexibility index (Phi) is 7.92. The van der Waals surface area contributed by atoms with Crippen LogP contribution in [0.15, 0.2) is 17.8 Å². The topological polar surface area (TPSA) is 305 Å². The van der Waals surface area contributed by atoms with Crippen LogP contribution in [0.3, 0.4) is 0 Å². The molecule has 1 aliphatic carbocycles. The van der Waals surface area contributed by atoms with Crippen molar-refractivity contribution in [3.05, 3.63) is 23.1 Å². The molecule has 6 rings (SSSR count). The molecule has 5 heterocycles. The summed E-state index contributed by atoms with van der Waals surface area (Å²) in [4.78, 5) is 33.8. The number of phosphoric ester groups is 2. The van der Waals surface area contributed by atoms with Gasteiger partial charge < -0.3 is 45.2 Å². The predicted octanol–water partition coefficient (Wildman–Crippen LogP) is -2.10. The first kappa shape index (κ1) is 29.2. The zero-order valence-electron chi connectivity index (χ0n) is 20.4. The highest BCUT2D eigenvalue weighted by molar-refractivity contribution is 7.60. The molecule has 0 spiro atoms. The molecule has 2 unspecified atom stereocenters. The van der Waals surface area contributed by atoms with Crippen molar-refractivity contribution in [2.75, 3.05) is 18.9 Å². The largest absolute Gasteiger partial charge is 0.756 e. The summed E-state index contributed by atoms with van der Waals surface area (Å²) in [5, 5.41) is 46.1. The van der Waals surface area contributed by atoms with E-state index in [1.54, 1.807) is 0 Å². The Hall–Kier alpha value is -2.28. The van der Waals surface area contributed by atoms with Crippen LogP contribution < -0.4 is 15.2 Å². The quantitative estimate of drug-likeness (QED) is 0.0715. The lowest BCUT2D eigenvalue weighted by Crippen LogP contribution is -2.48. The third-order valence-corrected chi connectivity index (χ3v) is 9.81. The van der Waals surface area contributed by atoms with Crippen molar-refractivity contribution in [1.82, 2.24) is 14.5 Å². The molecule has 0 radical (unpaired) electrons. The first-order valence-corrected chi connectivity index (χ1v) is 14.9. The molecule has 7 N–H and O–H groups in total. The number of fused-ring (bicyclic) bond motifs is 7. The van der Waals surface area contributed by atoms with Gasteiger partial charge in [0, 0.05) is 17.4 Å². The highest BCUT2D eigenvalue weighted by Crippen LogP contribution is 2.60. The van der Waals surface area contributed by atoms with Gasteiger partial charge in [0.2, 0.25) is 12.0 Å². The van der Waals surface area contributed by atoms with Crippen LogP contribution in [-0.4, -0.2) is 89.6 Å². The summed E-state index contributed by atoms with van der Waals surface area (Å²) >= 11 is 0. The zero-order valence-corrected chi connectivity index (χ0v) is 22.2. The number of hydrogen-bond donors (Lipinski definition) is 6. The van der Waals surface area contributed by atoms with Crippen molar-refractivity contribution >= 4 is 32.6 Å². The second-order valence-electron chi connectivity index (χ2n) is 9.54. The smallest absolute Gasteiger partial charge is 0.478 e. The standard InChI is InChI=1S/C18H26N8O12P2/c19-16-11-17-22-6-25(16)8-3-7(12(27)13(8)28)9(1-2-23-24-20)37-40(33,34)38-39(31,32)35-4-10-14(29)15(30)18(36-10)26(17)5-21-11/h5-10,12-15,18-19,27-30H,1-4H2,(H2,31,32,33,34)/t7-,8-,9-,10-,12-,13+,14-,15-,18-/m1/s1. The lowest BCUT2D eigenvalue weighted by atomic mass is 9.96. The molecular formula is C18H26N8O12P2. The van der Waals surface area contributed by atoms with Crippen molar-refractivity contribution < 1.29 is 62.0 Å². The van der Waals surface area contributed by atoms with Crippen LogP contribution >= 0.6 is 15.6 Å². The maximum Gasteiger partial charge on any atom is 0.478 e. The molecule has 4 aliphatic rings. The van der Waals surface area contributed by atoms with Crippen LogP contribution in [0.25, 0.3) is 21.6 Å². The van der Waals surface area contributed by atoms with Gasteiger partial charge in [0.15, 0.2) is 11.7 Å². The number of aliphatic hydroxyl groups excluding tert-OH is 4. The SMILES string of the molecule is [N-]=[N+]=NCC[C@H]1OP(=O)(O)OP(=O)([O-])OC[C@H]2O[C@H]([C@H](O)[C@@H]2O)n2cnc3c(N)[n+](cnc32)[C@@H]2C[C@H]1[C@@H](O)[C@H]2O. The molecule has 11 atom stereocenters. The second-order valence-corrected chi connectivity index (χ2v) is 12.5. The van der Waals surface area contributed by atoms with Gasteiger partial charge in [-0.3, -0.25) is 13.7 Å². The molecule has 1 saturated carbocycles. The number of phosphoric acid groups is 2. The van der Waals surface area contributed by atoms with E-state index in [0.717, 1.165) is 0 Å². The summed E-state index contributed by atoms with van der Waals surface area (Å²) in [6, 6.07) is -0.959. The number of hydrogen-bond acceptors (Lipinski definition) is 15. The van der Waals surface area contributed by atoms with E-state index in [4.69, 9.17) is 20.5 Å². The minimum atomic E-state index is -5.59. The average molecular weight is 608 g/mol. The van der Waals surface area contributed by atoms with Crippen molar-refractivity contribution in [1.29, 1.82) is 0 Å². The third kappa shape index (κ3) is 5.35. The van der Waals surface area contributed by atoms with Gasteiger partial charge in [-0.1, -0.05) is 10.1 Å². The maximum absolute atomic E-state index is 12.7. The number of aromatic nitrogens is 4. The van der Waals surface area contributed by atoms with E-state index in [1.807, 2.05) is 0 Å². The van der Waals surface area contributed by atoms with Crippen LogP contribution in [0.2, 0.25) is 0 Å². The summed E-state index contributed by atoms with van der Waals surface area (Å²) in [7, 11) is -11.1. The predicted molar refractivity (Wildman–Crippen MR) is 125 cm³/mol. The number of anilines is 1. The van der Waals surface area contributed by atoms with Gasteiger partial charge in [0.1, 0.15) is 36.8 Å². The van der Waals surface area contributed by atoms with E-state index in [0.29, 0.717) is 0 Å². The van der Waals surface area contributed by atoms with Crippen molar-refractivity contribution in [3.8, 4) is 0 Å². The van der Waals surface area contributed by atoms with Gasteiger partial charge in [0.25, 0.3) is 13.6 Å². The van der Waals surface area contributed by atoms with Gasteiger partial charge in [0.05, 0.1) is 18.8 Å². The molecule has 22 heteroatoms. The van der Waals surface area contributed by atoms with Crippen LogP contribution in [0, 0.1) is 5.92 Å². The lowest BCUT2D eigenvalue weighted by Gasteiger charge is -2.30. The Labute approximate surface area is 224 Å². The Balaban J connectivity index is 1.59. The van der Waals surface area contributed by atoms with Crippen LogP contribution in [-0.2, 0) is 27.2 Å². The van der Waals surface area contributed by atoms with Gasteiger partial charge >= 0.3 is 7.82 Å². The molecule has 40 heavy (non-hydrogen) atoms. The summed E-state index contributed by atoms with van der Waals surface area (Å²) in [6.45, 7) is -1.20. The van der Waals surface area contributed by atoms with E-state index in [2.05, 4.69) is 28.8 Å². The monoisotopic (exact) mass is 608 g/mol. The van der Waals surface area contributed by atoms with Crippen LogP contribution in [0.1, 0.15) is 25.1 Å². The fraction of sp³-hybridized carbons (Fsp3) is 0.722. The van der Waals surface area contributed by atoms with Crippen LogP contribution in [0.5, 0.6) is 0 Å². The number of ether oxygens (including phenoxy) is 1. The molecule has 2 aromatic heterocycles. The molecule has 2 fully saturated rings. The number of rotatable bonds is 3. The summed E-state index contributed by atoms with van der Waals surface area (Å²) < 4.78 is 47.3. The molecule has 8 bridgehead atoms. The first-order valence-electron chi connectivity index (χ1n) is 11.9. The van der Waals surface area contributed by atoms with E-state index >= 15 is 0 Å². The fourth-order valence-electron chi connectivity index (χ4n) is 5.28. The van der Waals surface area contributed by atoms with Crippen molar-refractivity contribution in [3.63, 3.8) is 0 Å². The van der Waals surface area contributed by atoms with Gasteiger partial charge in [-0.2, -0.15) is 0 Å². The fourth-order valence-corrected chi connectivity index (χ4v) is 7.57. The minimum Gasteiger partial charge on any atom is -0.756 e. The first-order chi connectivity index (χ1) is 18.8. The van der Waals surface area contributed by atoms with E-state index in [9.17, 15) is 39.3 Å². The Morgan fingerprint density at radius 2 is 1.98 bits per heavy atom. The number of nitrogen functional groups attached to an aromatic ring is 1. The van der Waals surface area contributed by atoms with Gasteiger partial charge in [-0.25, -0.2) is 18.4 Å². The number of aliphatic hydroxyl groups is 4. The Morgan fingerprint density at radius 1 is 1.23 bits per heavy atom. The van der Waals surface area contributed by atoms with E-state index in [-0.39, 0.29) is 36.4 Å². The Bertz CT molecular complexity index is 1420. The molecule has 20 nitrogen and oxygen atoms in total. The maximum atomic E-state index is 12.7. The van der Waals surface area contributed by atoms with Crippen molar-refractivity contribution in [2.45, 2.75) is 61.7 Å². The molecule has 2 aromatic rings. The van der Waals surface area contributed by atoms with Crippen LogP contribution in [0.4, 0.5) is 5.82 Å².